The van der Waals surface area contributed by atoms with E-state index in [-0.39, 0.29) is 12.1 Å². The zero-order valence-corrected chi connectivity index (χ0v) is 14.8. The molecule has 25 heavy (non-hydrogen) atoms. The van der Waals surface area contributed by atoms with E-state index in [2.05, 4.69) is 32.2 Å². The Morgan fingerprint density at radius 1 is 1.52 bits per heavy atom. The molecule has 1 saturated heterocycles. The number of aromatic nitrogens is 4. The van der Waals surface area contributed by atoms with E-state index in [0.29, 0.717) is 18.2 Å². The van der Waals surface area contributed by atoms with E-state index in [0.717, 1.165) is 38.4 Å². The highest BCUT2D eigenvalue weighted by atomic mass is 16.5. The summed E-state index contributed by atoms with van der Waals surface area (Å²) in [6.07, 6.45) is 9.64. The van der Waals surface area contributed by atoms with Gasteiger partial charge in [-0.3, -0.25) is 4.68 Å². The van der Waals surface area contributed by atoms with Gasteiger partial charge in [-0.25, -0.2) is 9.78 Å². The number of hydrogen-bond donors (Lipinski definition) is 2. The molecule has 0 radical (unpaired) electrons. The number of imidazole rings is 1. The van der Waals surface area contributed by atoms with Crippen LogP contribution in [0.25, 0.3) is 0 Å². The Morgan fingerprint density at radius 2 is 2.40 bits per heavy atom. The van der Waals surface area contributed by atoms with Crippen LogP contribution < -0.4 is 10.6 Å². The molecule has 3 heterocycles. The Balaban J connectivity index is 1.40. The molecule has 3 rings (SSSR count). The first kappa shape index (κ1) is 17.5. The standard InChI is InChI=1S/C17H26N6O2/c1-13(10-22-6-5-18-14(22)2)8-19-17(24)21-15-9-20-23(11-15)12-16-4-3-7-25-16/h5-6,9,11,13,16H,3-4,7-8,10,12H2,1-2H3,(H2,19,21,24)/t13-,16+/m0/s1. The van der Waals surface area contributed by atoms with Crippen molar-refractivity contribution in [3.05, 3.63) is 30.6 Å². The third-order valence-electron chi connectivity index (χ3n) is 4.35. The summed E-state index contributed by atoms with van der Waals surface area (Å²) in [7, 11) is 0. The van der Waals surface area contributed by atoms with Crippen LogP contribution in [-0.2, 0) is 17.8 Å². The minimum atomic E-state index is -0.217. The molecular formula is C17H26N6O2. The monoisotopic (exact) mass is 346 g/mol. The zero-order chi connectivity index (χ0) is 17.6. The van der Waals surface area contributed by atoms with Crippen molar-refractivity contribution < 1.29 is 9.53 Å². The first-order chi connectivity index (χ1) is 12.1. The number of aryl methyl sites for hydroxylation is 1. The van der Waals surface area contributed by atoms with Crippen molar-refractivity contribution in [3.8, 4) is 0 Å². The van der Waals surface area contributed by atoms with Crippen molar-refractivity contribution in [3.63, 3.8) is 0 Å². The lowest BCUT2D eigenvalue weighted by Crippen LogP contribution is -2.33. The van der Waals surface area contributed by atoms with E-state index in [1.807, 2.05) is 24.0 Å². The molecule has 1 aliphatic rings. The second-order valence-corrected chi connectivity index (χ2v) is 6.65. The van der Waals surface area contributed by atoms with Gasteiger partial charge < -0.3 is 19.9 Å². The quantitative estimate of drug-likeness (QED) is 0.803. The van der Waals surface area contributed by atoms with Crippen molar-refractivity contribution in [2.75, 3.05) is 18.5 Å². The fourth-order valence-electron chi connectivity index (χ4n) is 2.96. The second-order valence-electron chi connectivity index (χ2n) is 6.65. The van der Waals surface area contributed by atoms with E-state index in [1.54, 1.807) is 12.4 Å². The maximum atomic E-state index is 12.0. The van der Waals surface area contributed by atoms with Gasteiger partial charge >= 0.3 is 6.03 Å². The van der Waals surface area contributed by atoms with Crippen LogP contribution in [-0.4, -0.2) is 44.6 Å². The summed E-state index contributed by atoms with van der Waals surface area (Å²) in [4.78, 5) is 16.2. The topological polar surface area (TPSA) is 86.0 Å². The number of carbonyl (C=O) groups excluding carboxylic acids is 1. The van der Waals surface area contributed by atoms with Crippen LogP contribution in [0.15, 0.2) is 24.8 Å². The highest BCUT2D eigenvalue weighted by Crippen LogP contribution is 2.14. The molecule has 136 valence electrons. The maximum Gasteiger partial charge on any atom is 0.319 e. The van der Waals surface area contributed by atoms with Crippen LogP contribution in [0.2, 0.25) is 0 Å². The molecule has 2 amide bonds. The van der Waals surface area contributed by atoms with Crippen LogP contribution >= 0.6 is 0 Å². The Bertz CT molecular complexity index is 689. The maximum absolute atomic E-state index is 12.0. The van der Waals surface area contributed by atoms with E-state index < -0.39 is 0 Å². The number of anilines is 1. The van der Waals surface area contributed by atoms with Gasteiger partial charge in [0.15, 0.2) is 0 Å². The number of rotatable bonds is 7. The van der Waals surface area contributed by atoms with Gasteiger partial charge in [0.1, 0.15) is 5.82 Å². The molecule has 0 bridgehead atoms. The number of ether oxygens (including phenoxy) is 1. The molecule has 0 aromatic carbocycles. The molecule has 1 fully saturated rings. The first-order valence-corrected chi connectivity index (χ1v) is 8.77. The van der Waals surface area contributed by atoms with Gasteiger partial charge in [-0.1, -0.05) is 6.92 Å². The molecule has 8 nitrogen and oxygen atoms in total. The summed E-state index contributed by atoms with van der Waals surface area (Å²) in [5, 5.41) is 9.99. The van der Waals surface area contributed by atoms with Crippen LogP contribution in [0.1, 0.15) is 25.6 Å². The number of amides is 2. The number of nitrogens with zero attached hydrogens (tertiary/aromatic N) is 4. The zero-order valence-electron chi connectivity index (χ0n) is 14.8. The number of carbonyl (C=O) groups is 1. The van der Waals surface area contributed by atoms with Gasteiger partial charge in [0.2, 0.25) is 0 Å². The molecule has 0 spiro atoms. The molecule has 2 aromatic rings. The van der Waals surface area contributed by atoms with Gasteiger partial charge in [-0.05, 0) is 25.7 Å². The van der Waals surface area contributed by atoms with Gasteiger partial charge in [-0.15, -0.1) is 0 Å². The summed E-state index contributed by atoms with van der Waals surface area (Å²) in [5.74, 6) is 1.29. The lowest BCUT2D eigenvalue weighted by molar-refractivity contribution is 0.0940. The summed E-state index contributed by atoms with van der Waals surface area (Å²) < 4.78 is 9.49. The van der Waals surface area contributed by atoms with Gasteiger partial charge in [0, 0.05) is 38.3 Å². The SMILES string of the molecule is Cc1nccn1C[C@@H](C)CNC(=O)Nc1cnn(C[C@H]2CCCO2)c1. The van der Waals surface area contributed by atoms with Crippen molar-refractivity contribution in [2.24, 2.45) is 5.92 Å². The third kappa shape index (κ3) is 5.06. The molecule has 1 aliphatic heterocycles. The first-order valence-electron chi connectivity index (χ1n) is 8.77. The number of hydrogen-bond acceptors (Lipinski definition) is 4. The predicted octanol–water partition coefficient (Wildman–Crippen LogP) is 2.02. The Labute approximate surface area is 147 Å². The molecule has 2 N–H and O–H groups in total. The molecular weight excluding hydrogens is 320 g/mol. The lowest BCUT2D eigenvalue weighted by atomic mass is 10.2. The molecule has 0 aliphatic carbocycles. The molecule has 2 atom stereocenters. The Kier molecular flexibility index (Phi) is 5.70. The lowest BCUT2D eigenvalue weighted by Gasteiger charge is -2.14. The minimum absolute atomic E-state index is 0.217. The number of nitrogens with one attached hydrogen (secondary N) is 2. The van der Waals surface area contributed by atoms with Crippen molar-refractivity contribution in [1.29, 1.82) is 0 Å². The van der Waals surface area contributed by atoms with Crippen LogP contribution in [0.4, 0.5) is 10.5 Å². The van der Waals surface area contributed by atoms with Crippen molar-refractivity contribution >= 4 is 11.7 Å². The van der Waals surface area contributed by atoms with Crippen LogP contribution in [0.5, 0.6) is 0 Å². The largest absolute Gasteiger partial charge is 0.376 e. The average Bonchev–Trinajstić information content (AvgIpc) is 3.31. The van der Waals surface area contributed by atoms with Gasteiger partial charge in [-0.2, -0.15) is 5.10 Å². The third-order valence-corrected chi connectivity index (χ3v) is 4.35. The summed E-state index contributed by atoms with van der Waals surface area (Å²) >= 11 is 0. The van der Waals surface area contributed by atoms with Crippen LogP contribution in [0, 0.1) is 12.8 Å². The highest BCUT2D eigenvalue weighted by molar-refractivity contribution is 5.88. The fraction of sp³-hybridized carbons (Fsp3) is 0.588. The number of urea groups is 1. The van der Waals surface area contributed by atoms with Crippen LogP contribution in [0.3, 0.4) is 0 Å². The van der Waals surface area contributed by atoms with E-state index in [1.165, 1.54) is 0 Å². The molecule has 2 aromatic heterocycles. The summed E-state index contributed by atoms with van der Waals surface area (Å²) in [5.41, 5.74) is 0.689. The second kappa shape index (κ2) is 8.15. The van der Waals surface area contributed by atoms with E-state index in [9.17, 15) is 4.79 Å². The molecule has 0 unspecified atom stereocenters. The normalized spacial score (nSPS) is 18.2. The molecule has 8 heteroatoms. The average molecular weight is 346 g/mol. The Morgan fingerprint density at radius 3 is 3.12 bits per heavy atom. The Hall–Kier alpha value is -2.35. The van der Waals surface area contributed by atoms with Gasteiger partial charge in [0.05, 0.1) is 24.5 Å². The van der Waals surface area contributed by atoms with Gasteiger partial charge in [0.25, 0.3) is 0 Å². The summed E-state index contributed by atoms with van der Waals surface area (Å²) in [6, 6.07) is -0.217. The van der Waals surface area contributed by atoms with E-state index >= 15 is 0 Å². The van der Waals surface area contributed by atoms with Crippen molar-refractivity contribution in [2.45, 2.75) is 45.9 Å². The summed E-state index contributed by atoms with van der Waals surface area (Å²) in [6.45, 7) is 7.04. The highest BCUT2D eigenvalue weighted by Gasteiger charge is 2.16. The molecule has 0 saturated carbocycles. The smallest absolute Gasteiger partial charge is 0.319 e. The minimum Gasteiger partial charge on any atom is -0.376 e. The fourth-order valence-corrected chi connectivity index (χ4v) is 2.96. The van der Waals surface area contributed by atoms with E-state index in [4.69, 9.17) is 4.74 Å². The predicted molar refractivity (Wildman–Crippen MR) is 94.4 cm³/mol. The van der Waals surface area contributed by atoms with Crippen molar-refractivity contribution in [1.82, 2.24) is 24.6 Å².